The van der Waals surface area contributed by atoms with Crippen molar-refractivity contribution in [3.63, 3.8) is 0 Å². The zero-order valence-electron chi connectivity index (χ0n) is 8.82. The number of anilines is 1. The van der Waals surface area contributed by atoms with Crippen LogP contribution in [0.4, 0.5) is 5.69 Å². The minimum absolute atomic E-state index is 0.190. The molecule has 82 valence electrons. The number of aromatic nitrogens is 1. The molecule has 0 radical (unpaired) electrons. The van der Waals surface area contributed by atoms with Crippen LogP contribution < -0.4 is 5.32 Å². The normalized spacial score (nSPS) is 10.1. The van der Waals surface area contributed by atoms with Crippen molar-refractivity contribution < 1.29 is 9.90 Å². The Bertz CT molecular complexity index is 504. The van der Waals surface area contributed by atoms with Gasteiger partial charge in [-0.15, -0.1) is 0 Å². The van der Waals surface area contributed by atoms with E-state index in [9.17, 15) is 9.90 Å². The lowest BCUT2D eigenvalue weighted by molar-refractivity contribution is 0.102. The maximum Gasteiger partial charge on any atom is 0.272 e. The summed E-state index contributed by atoms with van der Waals surface area (Å²) in [4.78, 5) is 14.5. The van der Waals surface area contributed by atoms with Gasteiger partial charge in [0.1, 0.15) is 11.4 Å². The van der Waals surface area contributed by atoms with E-state index in [4.69, 9.17) is 0 Å². The molecule has 2 rings (SSSR count). The lowest BCUT2D eigenvalue weighted by Gasteiger charge is -2.07. The molecule has 2 aromatic rings. The number of phenols is 1. The van der Waals surface area contributed by atoms with Crippen molar-refractivity contribution in [3.05, 3.63) is 47.8 Å². The van der Waals surface area contributed by atoms with Gasteiger partial charge in [-0.25, -0.2) is 0 Å². The summed E-state index contributed by atoms with van der Waals surface area (Å²) in [7, 11) is 0. The number of hydrogen-bond donors (Lipinski definition) is 3. The van der Waals surface area contributed by atoms with Gasteiger partial charge in [-0.2, -0.15) is 0 Å². The molecule has 1 aromatic heterocycles. The van der Waals surface area contributed by atoms with Crippen LogP contribution in [0.2, 0.25) is 0 Å². The fourth-order valence-electron chi connectivity index (χ4n) is 1.45. The number of aromatic amines is 1. The van der Waals surface area contributed by atoms with E-state index in [0.29, 0.717) is 11.4 Å². The summed E-state index contributed by atoms with van der Waals surface area (Å²) in [6.07, 6.45) is 1.69. The smallest absolute Gasteiger partial charge is 0.272 e. The first-order chi connectivity index (χ1) is 7.66. The van der Waals surface area contributed by atoms with E-state index < -0.39 is 0 Å². The van der Waals surface area contributed by atoms with Crippen LogP contribution >= 0.6 is 0 Å². The van der Waals surface area contributed by atoms with Crippen LogP contribution in [0, 0.1) is 6.92 Å². The zero-order valence-corrected chi connectivity index (χ0v) is 8.82. The van der Waals surface area contributed by atoms with Gasteiger partial charge in [0.2, 0.25) is 0 Å². The number of amides is 1. The molecule has 0 aliphatic rings. The van der Waals surface area contributed by atoms with Gasteiger partial charge in [0.25, 0.3) is 5.91 Å². The molecule has 0 saturated carbocycles. The topological polar surface area (TPSA) is 65.1 Å². The van der Waals surface area contributed by atoms with Crippen LogP contribution in [0.25, 0.3) is 0 Å². The maximum absolute atomic E-state index is 11.7. The lowest BCUT2D eigenvalue weighted by Crippen LogP contribution is -2.12. The highest BCUT2D eigenvalue weighted by molar-refractivity contribution is 6.03. The summed E-state index contributed by atoms with van der Waals surface area (Å²) in [5, 5.41) is 12.0. The fraction of sp³-hybridized carbons (Fsp3) is 0.0833. The van der Waals surface area contributed by atoms with Gasteiger partial charge in [0.15, 0.2) is 0 Å². The molecule has 0 unspecified atom stereocenters. The molecule has 1 amide bonds. The van der Waals surface area contributed by atoms with Gasteiger partial charge in [0, 0.05) is 11.9 Å². The first-order valence-corrected chi connectivity index (χ1v) is 4.91. The Balaban J connectivity index is 2.18. The van der Waals surface area contributed by atoms with Crippen molar-refractivity contribution in [3.8, 4) is 5.75 Å². The zero-order chi connectivity index (χ0) is 11.5. The summed E-state index contributed by atoms with van der Waals surface area (Å²) in [6, 6.07) is 8.27. The number of aryl methyl sites for hydroxylation is 1. The van der Waals surface area contributed by atoms with E-state index in [1.165, 1.54) is 6.07 Å². The summed E-state index contributed by atoms with van der Waals surface area (Å²) in [5.41, 5.74) is 2.02. The summed E-state index contributed by atoms with van der Waals surface area (Å²) < 4.78 is 0. The fourth-order valence-corrected chi connectivity index (χ4v) is 1.45. The predicted molar refractivity (Wildman–Crippen MR) is 61.6 cm³/mol. The Morgan fingerprint density at radius 1 is 1.38 bits per heavy atom. The number of carbonyl (C=O) groups is 1. The Hall–Kier alpha value is -2.23. The molecule has 3 N–H and O–H groups in total. The Morgan fingerprint density at radius 3 is 2.81 bits per heavy atom. The number of nitrogens with one attached hydrogen (secondary N) is 2. The molecule has 0 atom stereocenters. The third-order valence-corrected chi connectivity index (χ3v) is 2.30. The quantitative estimate of drug-likeness (QED) is 0.674. The lowest BCUT2D eigenvalue weighted by atomic mass is 10.2. The number of rotatable bonds is 2. The molecule has 0 saturated heterocycles. The second-order valence-electron chi connectivity index (χ2n) is 3.54. The van der Waals surface area contributed by atoms with E-state index in [1.807, 2.05) is 6.92 Å². The SMILES string of the molecule is Cc1cc(O)ccc1NC(=O)c1ccc[nH]1. The van der Waals surface area contributed by atoms with Crippen molar-refractivity contribution in [2.24, 2.45) is 0 Å². The second-order valence-corrected chi connectivity index (χ2v) is 3.54. The van der Waals surface area contributed by atoms with Crippen LogP contribution in [0.5, 0.6) is 5.75 Å². The average molecular weight is 216 g/mol. The van der Waals surface area contributed by atoms with Gasteiger partial charge in [-0.05, 0) is 42.8 Å². The molecule has 1 heterocycles. The molecular weight excluding hydrogens is 204 g/mol. The average Bonchev–Trinajstić information content (AvgIpc) is 2.75. The minimum Gasteiger partial charge on any atom is -0.508 e. The van der Waals surface area contributed by atoms with Crippen molar-refractivity contribution in [2.75, 3.05) is 5.32 Å². The van der Waals surface area contributed by atoms with E-state index in [2.05, 4.69) is 10.3 Å². The third kappa shape index (κ3) is 2.06. The van der Waals surface area contributed by atoms with Crippen molar-refractivity contribution in [1.29, 1.82) is 0 Å². The number of aromatic hydroxyl groups is 1. The number of H-pyrrole nitrogens is 1. The van der Waals surface area contributed by atoms with E-state index in [-0.39, 0.29) is 11.7 Å². The number of hydrogen-bond acceptors (Lipinski definition) is 2. The molecule has 16 heavy (non-hydrogen) atoms. The number of benzene rings is 1. The van der Waals surface area contributed by atoms with Gasteiger partial charge in [0.05, 0.1) is 0 Å². The van der Waals surface area contributed by atoms with E-state index in [0.717, 1.165) is 5.56 Å². The first kappa shape index (κ1) is 10.3. The standard InChI is InChI=1S/C12H12N2O2/c1-8-7-9(15)4-5-10(8)14-12(16)11-3-2-6-13-11/h2-7,13,15H,1H3,(H,14,16). The number of carbonyl (C=O) groups excluding carboxylic acids is 1. The largest absolute Gasteiger partial charge is 0.508 e. The summed E-state index contributed by atoms with van der Waals surface area (Å²) >= 11 is 0. The van der Waals surface area contributed by atoms with Crippen molar-refractivity contribution in [1.82, 2.24) is 4.98 Å². The van der Waals surface area contributed by atoms with Crippen LogP contribution in [-0.4, -0.2) is 16.0 Å². The predicted octanol–water partition coefficient (Wildman–Crippen LogP) is 2.28. The van der Waals surface area contributed by atoms with Crippen molar-refractivity contribution >= 4 is 11.6 Å². The second kappa shape index (κ2) is 4.10. The Kier molecular flexibility index (Phi) is 2.64. The highest BCUT2D eigenvalue weighted by Crippen LogP contribution is 2.20. The summed E-state index contributed by atoms with van der Waals surface area (Å²) in [5.74, 6) is -0.00541. The van der Waals surface area contributed by atoms with Gasteiger partial charge in [-0.1, -0.05) is 0 Å². The highest BCUT2D eigenvalue weighted by Gasteiger charge is 2.07. The molecule has 0 spiro atoms. The van der Waals surface area contributed by atoms with Crippen LogP contribution in [-0.2, 0) is 0 Å². The van der Waals surface area contributed by atoms with Crippen LogP contribution in [0.3, 0.4) is 0 Å². The van der Waals surface area contributed by atoms with Gasteiger partial charge < -0.3 is 15.4 Å². The highest BCUT2D eigenvalue weighted by atomic mass is 16.3. The summed E-state index contributed by atoms with van der Waals surface area (Å²) in [6.45, 7) is 1.82. The minimum atomic E-state index is -0.196. The molecule has 1 aromatic carbocycles. The van der Waals surface area contributed by atoms with Crippen LogP contribution in [0.1, 0.15) is 16.1 Å². The third-order valence-electron chi connectivity index (χ3n) is 2.30. The van der Waals surface area contributed by atoms with E-state index >= 15 is 0 Å². The van der Waals surface area contributed by atoms with Crippen LogP contribution in [0.15, 0.2) is 36.5 Å². The van der Waals surface area contributed by atoms with Crippen molar-refractivity contribution in [2.45, 2.75) is 6.92 Å². The Labute approximate surface area is 92.9 Å². The molecule has 4 nitrogen and oxygen atoms in total. The monoisotopic (exact) mass is 216 g/mol. The Morgan fingerprint density at radius 2 is 2.19 bits per heavy atom. The number of phenolic OH excluding ortho intramolecular Hbond substituents is 1. The molecule has 0 fully saturated rings. The van der Waals surface area contributed by atoms with Gasteiger partial charge >= 0.3 is 0 Å². The molecule has 0 aliphatic carbocycles. The first-order valence-electron chi connectivity index (χ1n) is 4.91. The molecule has 0 aliphatic heterocycles. The molecular formula is C12H12N2O2. The van der Waals surface area contributed by atoms with Gasteiger partial charge in [-0.3, -0.25) is 4.79 Å². The molecule has 4 heteroatoms. The molecule has 0 bridgehead atoms. The maximum atomic E-state index is 11.7. The van der Waals surface area contributed by atoms with E-state index in [1.54, 1.807) is 30.5 Å².